The predicted octanol–water partition coefficient (Wildman–Crippen LogP) is 5.67. The number of carbonyl (C=O) groups excluding carboxylic acids is 2. The smallest absolute Gasteiger partial charge is 0.344 e. The van der Waals surface area contributed by atoms with Crippen LogP contribution in [0, 0.1) is 16.7 Å². The summed E-state index contributed by atoms with van der Waals surface area (Å²) in [4.78, 5) is 24.3. The lowest BCUT2D eigenvalue weighted by Crippen LogP contribution is -2.44. The third kappa shape index (κ3) is 7.28. The third-order valence-electron chi connectivity index (χ3n) is 5.74. The van der Waals surface area contributed by atoms with Crippen LogP contribution in [0.5, 0.6) is 0 Å². The molecule has 1 saturated carbocycles. The Morgan fingerprint density at radius 1 is 1.04 bits per heavy atom. The molecule has 0 spiro atoms. The maximum atomic E-state index is 12.4. The third-order valence-corrected chi connectivity index (χ3v) is 5.74. The first kappa shape index (κ1) is 23.0. The zero-order valence-corrected chi connectivity index (χ0v) is 18.1. The Hall–Kier alpha value is -1.06. The summed E-state index contributed by atoms with van der Waals surface area (Å²) in [7, 11) is 0. The van der Waals surface area contributed by atoms with E-state index in [1.807, 2.05) is 20.8 Å². The molecule has 0 aliphatic heterocycles. The van der Waals surface area contributed by atoms with Gasteiger partial charge in [-0.15, -0.1) is 0 Å². The second kappa shape index (κ2) is 9.23. The van der Waals surface area contributed by atoms with E-state index in [2.05, 4.69) is 27.7 Å². The molecule has 0 radical (unpaired) electrons. The maximum absolute atomic E-state index is 12.4. The molecule has 0 saturated heterocycles. The van der Waals surface area contributed by atoms with Gasteiger partial charge in [0, 0.05) is 0 Å². The summed E-state index contributed by atoms with van der Waals surface area (Å²) < 4.78 is 11.1. The average Bonchev–Trinajstić information content (AvgIpc) is 2.70. The topological polar surface area (TPSA) is 52.6 Å². The first-order valence-electron chi connectivity index (χ1n) is 10.3. The van der Waals surface area contributed by atoms with Crippen molar-refractivity contribution >= 4 is 11.9 Å². The van der Waals surface area contributed by atoms with Crippen LogP contribution in [0.3, 0.4) is 0 Å². The van der Waals surface area contributed by atoms with Gasteiger partial charge in [-0.1, -0.05) is 61.3 Å². The minimum absolute atomic E-state index is 0.149. The molecule has 4 heteroatoms. The molecule has 26 heavy (non-hydrogen) atoms. The number of carbonyl (C=O) groups is 2. The first-order valence-corrected chi connectivity index (χ1v) is 10.3. The van der Waals surface area contributed by atoms with Crippen LogP contribution in [0.4, 0.5) is 0 Å². The summed E-state index contributed by atoms with van der Waals surface area (Å²) in [5.74, 6) is -0.397. The van der Waals surface area contributed by atoms with Crippen LogP contribution < -0.4 is 0 Å². The van der Waals surface area contributed by atoms with E-state index in [9.17, 15) is 9.59 Å². The SMILES string of the molecule is CCC(CC)(OC(=O)COC(=O)CC(C)(C)C)C1CCCCC(C)(C)C1. The van der Waals surface area contributed by atoms with Crippen LogP contribution in [0.25, 0.3) is 0 Å². The van der Waals surface area contributed by atoms with E-state index < -0.39 is 11.6 Å². The van der Waals surface area contributed by atoms with Crippen LogP contribution in [-0.4, -0.2) is 24.1 Å². The number of hydrogen-bond acceptors (Lipinski definition) is 4. The van der Waals surface area contributed by atoms with Crippen LogP contribution in [0.1, 0.15) is 99.8 Å². The quantitative estimate of drug-likeness (QED) is 0.429. The number of ether oxygens (including phenoxy) is 2. The molecule has 0 aromatic carbocycles. The largest absolute Gasteiger partial charge is 0.456 e. The molecule has 0 aromatic rings. The molecule has 0 bridgehead atoms. The Balaban J connectivity index is 2.73. The molecule has 1 aliphatic carbocycles. The molecular formula is C22H40O4. The van der Waals surface area contributed by atoms with Gasteiger partial charge in [-0.05, 0) is 48.9 Å². The lowest BCUT2D eigenvalue weighted by molar-refractivity contribution is -0.178. The van der Waals surface area contributed by atoms with Crippen molar-refractivity contribution in [2.45, 2.75) is 105 Å². The Labute approximate surface area is 160 Å². The van der Waals surface area contributed by atoms with E-state index in [1.165, 1.54) is 19.3 Å². The lowest BCUT2D eigenvalue weighted by atomic mass is 9.72. The van der Waals surface area contributed by atoms with Gasteiger partial charge in [0.25, 0.3) is 0 Å². The molecule has 4 nitrogen and oxygen atoms in total. The normalized spacial score (nSPS) is 21.0. The minimum atomic E-state index is -0.449. The fourth-order valence-electron chi connectivity index (χ4n) is 4.25. The molecule has 1 rings (SSSR count). The maximum Gasteiger partial charge on any atom is 0.344 e. The molecule has 0 amide bonds. The Morgan fingerprint density at radius 2 is 1.65 bits per heavy atom. The van der Waals surface area contributed by atoms with E-state index >= 15 is 0 Å². The number of rotatable bonds is 7. The molecule has 0 aromatic heterocycles. The molecule has 1 unspecified atom stereocenters. The van der Waals surface area contributed by atoms with E-state index in [0.29, 0.717) is 12.3 Å². The molecule has 1 fully saturated rings. The molecule has 1 atom stereocenters. The summed E-state index contributed by atoms with van der Waals surface area (Å²) >= 11 is 0. The van der Waals surface area contributed by atoms with Gasteiger partial charge in [0.1, 0.15) is 5.60 Å². The van der Waals surface area contributed by atoms with Crippen LogP contribution >= 0.6 is 0 Å². The zero-order valence-electron chi connectivity index (χ0n) is 18.1. The Kier molecular flexibility index (Phi) is 8.16. The van der Waals surface area contributed by atoms with Gasteiger partial charge >= 0.3 is 11.9 Å². The van der Waals surface area contributed by atoms with Crippen molar-refractivity contribution in [1.82, 2.24) is 0 Å². The fraction of sp³-hybridized carbons (Fsp3) is 0.909. The summed E-state index contributed by atoms with van der Waals surface area (Å²) in [5.41, 5.74) is -0.318. The second-order valence-electron chi connectivity index (χ2n) is 9.96. The van der Waals surface area contributed by atoms with Gasteiger partial charge in [0.2, 0.25) is 0 Å². The summed E-state index contributed by atoms with van der Waals surface area (Å²) in [6.45, 7) is 14.5. The highest BCUT2D eigenvalue weighted by Gasteiger charge is 2.42. The van der Waals surface area contributed by atoms with Crippen molar-refractivity contribution in [2.75, 3.05) is 6.61 Å². The van der Waals surface area contributed by atoms with E-state index in [1.54, 1.807) is 0 Å². The minimum Gasteiger partial charge on any atom is -0.456 e. The van der Waals surface area contributed by atoms with Crippen LogP contribution in [0.2, 0.25) is 0 Å². The second-order valence-corrected chi connectivity index (χ2v) is 9.96. The first-order chi connectivity index (χ1) is 11.9. The van der Waals surface area contributed by atoms with Crippen molar-refractivity contribution < 1.29 is 19.1 Å². The lowest BCUT2D eigenvalue weighted by Gasteiger charge is -2.41. The predicted molar refractivity (Wildman–Crippen MR) is 105 cm³/mol. The van der Waals surface area contributed by atoms with Crippen LogP contribution in [0.15, 0.2) is 0 Å². The van der Waals surface area contributed by atoms with Crippen molar-refractivity contribution in [3.05, 3.63) is 0 Å². The monoisotopic (exact) mass is 368 g/mol. The van der Waals surface area contributed by atoms with Gasteiger partial charge in [-0.3, -0.25) is 4.79 Å². The molecular weight excluding hydrogens is 328 g/mol. The summed E-state index contributed by atoms with van der Waals surface area (Å²) in [5, 5.41) is 0. The average molecular weight is 369 g/mol. The standard InChI is InChI=1S/C22H40O4/c1-8-22(9-2,17-12-10-11-13-21(6,7)14-17)26-19(24)16-25-18(23)15-20(3,4)5/h17H,8-16H2,1-7H3. The van der Waals surface area contributed by atoms with Crippen molar-refractivity contribution in [2.24, 2.45) is 16.7 Å². The van der Waals surface area contributed by atoms with Gasteiger partial charge in [0.15, 0.2) is 6.61 Å². The Morgan fingerprint density at radius 3 is 2.19 bits per heavy atom. The van der Waals surface area contributed by atoms with Gasteiger partial charge < -0.3 is 9.47 Å². The fourth-order valence-corrected chi connectivity index (χ4v) is 4.25. The number of hydrogen-bond donors (Lipinski definition) is 0. The summed E-state index contributed by atoms with van der Waals surface area (Å²) in [6, 6.07) is 0. The van der Waals surface area contributed by atoms with Gasteiger partial charge in [-0.25, -0.2) is 4.79 Å². The highest BCUT2D eigenvalue weighted by molar-refractivity contribution is 5.77. The highest BCUT2D eigenvalue weighted by atomic mass is 16.6. The van der Waals surface area contributed by atoms with Gasteiger partial charge in [0.05, 0.1) is 6.42 Å². The molecule has 0 N–H and O–H groups in total. The molecule has 0 heterocycles. The number of esters is 2. The zero-order chi connectivity index (χ0) is 20.0. The highest BCUT2D eigenvalue weighted by Crippen LogP contribution is 2.45. The molecule has 152 valence electrons. The Bertz CT molecular complexity index is 469. The molecule has 1 aliphatic rings. The van der Waals surface area contributed by atoms with E-state index in [-0.39, 0.29) is 23.4 Å². The van der Waals surface area contributed by atoms with E-state index in [0.717, 1.165) is 25.7 Å². The summed E-state index contributed by atoms with van der Waals surface area (Å²) in [6.07, 6.45) is 7.72. The van der Waals surface area contributed by atoms with Crippen LogP contribution in [-0.2, 0) is 19.1 Å². The van der Waals surface area contributed by atoms with Gasteiger partial charge in [-0.2, -0.15) is 0 Å². The van der Waals surface area contributed by atoms with E-state index in [4.69, 9.17) is 9.47 Å². The van der Waals surface area contributed by atoms with Crippen molar-refractivity contribution in [1.29, 1.82) is 0 Å². The van der Waals surface area contributed by atoms with Crippen molar-refractivity contribution in [3.63, 3.8) is 0 Å². The van der Waals surface area contributed by atoms with Crippen molar-refractivity contribution in [3.8, 4) is 0 Å².